The van der Waals surface area contributed by atoms with Gasteiger partial charge in [0.15, 0.2) is 0 Å². The van der Waals surface area contributed by atoms with Gasteiger partial charge in [0.2, 0.25) is 0 Å². The van der Waals surface area contributed by atoms with E-state index >= 15 is 0 Å². The maximum absolute atomic E-state index is 8.61. The van der Waals surface area contributed by atoms with Crippen LogP contribution in [0.25, 0.3) is 0 Å². The van der Waals surface area contributed by atoms with Gasteiger partial charge in [0.25, 0.3) is 0 Å². The van der Waals surface area contributed by atoms with Gasteiger partial charge in [-0.05, 0) is 25.8 Å². The van der Waals surface area contributed by atoms with Gasteiger partial charge in [0, 0.05) is 17.9 Å². The van der Waals surface area contributed by atoms with Crippen molar-refractivity contribution in [3.63, 3.8) is 0 Å². The molecule has 0 aromatic carbocycles. The molecule has 2 bridgehead atoms. The van der Waals surface area contributed by atoms with Crippen molar-refractivity contribution in [1.29, 1.82) is 5.26 Å². The summed E-state index contributed by atoms with van der Waals surface area (Å²) in [5.74, 6) is 1.05. The Kier molecular flexibility index (Phi) is 1.84. The Hall–Kier alpha value is -1.29. The summed E-state index contributed by atoms with van der Waals surface area (Å²) in [5.41, 5.74) is 4.24. The Bertz CT molecular complexity index is 359. The van der Waals surface area contributed by atoms with Crippen LogP contribution < -0.4 is 0 Å². The number of nitrogens with zero attached hydrogens (tertiary/aromatic N) is 1. The molecule has 0 aliphatic heterocycles. The summed E-state index contributed by atoms with van der Waals surface area (Å²) in [6, 6.07) is 2.14. The highest BCUT2D eigenvalue weighted by atomic mass is 14.4. The maximum Gasteiger partial charge on any atom is 0.0911 e. The van der Waals surface area contributed by atoms with Crippen molar-refractivity contribution < 1.29 is 0 Å². The largest absolute Gasteiger partial charge is 0.193 e. The van der Waals surface area contributed by atoms with E-state index in [4.69, 9.17) is 5.26 Å². The quantitative estimate of drug-likeness (QED) is 0.406. The van der Waals surface area contributed by atoms with E-state index in [0.717, 1.165) is 6.42 Å². The molecule has 0 saturated heterocycles. The summed E-state index contributed by atoms with van der Waals surface area (Å²) in [7, 11) is 0. The van der Waals surface area contributed by atoms with Crippen molar-refractivity contribution >= 4 is 0 Å². The van der Waals surface area contributed by atoms with Gasteiger partial charge in [-0.25, -0.2) is 0 Å². The van der Waals surface area contributed by atoms with E-state index < -0.39 is 0 Å². The molecule has 0 aromatic rings. The fraction of sp³-hybridized carbons (Fsp3) is 0.417. The third-order valence-corrected chi connectivity index (χ3v) is 2.95. The first-order valence-corrected chi connectivity index (χ1v) is 4.68. The van der Waals surface area contributed by atoms with Gasteiger partial charge in [-0.1, -0.05) is 23.3 Å². The number of hydrogen-bond acceptors (Lipinski definition) is 1. The van der Waals surface area contributed by atoms with Gasteiger partial charge in [-0.3, -0.25) is 0 Å². The zero-order chi connectivity index (χ0) is 9.42. The van der Waals surface area contributed by atoms with Gasteiger partial charge in [0.1, 0.15) is 0 Å². The molecule has 66 valence electrons. The summed E-state index contributed by atoms with van der Waals surface area (Å²) in [6.45, 7) is 4.33. The van der Waals surface area contributed by atoms with Crippen molar-refractivity contribution in [2.24, 2.45) is 11.8 Å². The second-order valence-electron chi connectivity index (χ2n) is 3.98. The third kappa shape index (κ3) is 1.14. The van der Waals surface area contributed by atoms with Crippen LogP contribution in [0.5, 0.6) is 0 Å². The first kappa shape index (κ1) is 8.31. The smallest absolute Gasteiger partial charge is 0.0911 e. The summed E-state index contributed by atoms with van der Waals surface area (Å²) in [4.78, 5) is 0. The summed E-state index contributed by atoms with van der Waals surface area (Å²) >= 11 is 0. The minimum Gasteiger partial charge on any atom is -0.193 e. The molecule has 2 unspecified atom stereocenters. The molecular formula is C12H13N. The second-order valence-corrected chi connectivity index (χ2v) is 3.98. The molecule has 2 atom stereocenters. The molecule has 1 heteroatoms. The Morgan fingerprint density at radius 2 is 2.31 bits per heavy atom. The molecule has 0 amide bonds. The minimum absolute atomic E-state index is 0.453. The molecule has 1 saturated carbocycles. The van der Waals surface area contributed by atoms with Crippen LogP contribution in [0.15, 0.2) is 34.9 Å². The van der Waals surface area contributed by atoms with Gasteiger partial charge in [-0.15, -0.1) is 0 Å². The SMILES string of the molecule is CC(C)=C1C2C=CC1/C(=C/C#N)C2. The van der Waals surface area contributed by atoms with E-state index in [1.54, 1.807) is 6.08 Å². The zero-order valence-corrected chi connectivity index (χ0v) is 8.04. The first-order valence-electron chi connectivity index (χ1n) is 4.68. The zero-order valence-electron chi connectivity index (χ0n) is 8.04. The average molecular weight is 171 g/mol. The normalized spacial score (nSPS) is 32.7. The minimum atomic E-state index is 0.453. The second kappa shape index (κ2) is 2.88. The third-order valence-electron chi connectivity index (χ3n) is 2.95. The Morgan fingerprint density at radius 3 is 2.85 bits per heavy atom. The number of rotatable bonds is 0. The van der Waals surface area contributed by atoms with E-state index in [9.17, 15) is 0 Å². The lowest BCUT2D eigenvalue weighted by Crippen LogP contribution is -1.94. The van der Waals surface area contributed by atoms with E-state index in [2.05, 4.69) is 32.1 Å². The molecule has 0 radical (unpaired) electrons. The molecule has 0 N–H and O–H groups in total. The summed E-state index contributed by atoms with van der Waals surface area (Å²) < 4.78 is 0. The van der Waals surface area contributed by atoms with Gasteiger partial charge in [0.05, 0.1) is 6.07 Å². The molecule has 1 nitrogen and oxygen atoms in total. The lowest BCUT2D eigenvalue weighted by atomic mass is 9.98. The molecule has 0 heterocycles. The predicted octanol–water partition coefficient (Wildman–Crippen LogP) is 2.98. The van der Waals surface area contributed by atoms with Gasteiger partial charge >= 0.3 is 0 Å². The monoisotopic (exact) mass is 171 g/mol. The number of allylic oxidation sites excluding steroid dienone is 6. The van der Waals surface area contributed by atoms with Crippen LogP contribution in [0.4, 0.5) is 0 Å². The van der Waals surface area contributed by atoms with Crippen LogP contribution in [-0.2, 0) is 0 Å². The standard InChI is InChI=1S/C12H13N/c1-8(2)12-10-3-4-11(12)9(7-10)5-6-13/h3-5,10-11H,7H2,1-2H3/b9-5+. The lowest BCUT2D eigenvalue weighted by molar-refractivity contribution is 0.825. The van der Waals surface area contributed by atoms with Crippen LogP contribution in [0.3, 0.4) is 0 Å². The molecule has 2 rings (SSSR count). The van der Waals surface area contributed by atoms with Crippen LogP contribution in [-0.4, -0.2) is 0 Å². The van der Waals surface area contributed by atoms with Crippen LogP contribution in [0, 0.1) is 23.2 Å². The lowest BCUT2D eigenvalue weighted by Gasteiger charge is -2.06. The van der Waals surface area contributed by atoms with E-state index in [-0.39, 0.29) is 0 Å². The number of hydrogen-bond donors (Lipinski definition) is 0. The molecular weight excluding hydrogens is 158 g/mol. The van der Waals surface area contributed by atoms with Crippen molar-refractivity contribution in [2.45, 2.75) is 20.3 Å². The van der Waals surface area contributed by atoms with E-state index in [1.165, 1.54) is 16.7 Å². The molecule has 1 fully saturated rings. The topological polar surface area (TPSA) is 23.8 Å². The molecule has 2 aliphatic carbocycles. The van der Waals surface area contributed by atoms with Gasteiger partial charge < -0.3 is 0 Å². The van der Waals surface area contributed by atoms with Crippen molar-refractivity contribution in [1.82, 2.24) is 0 Å². The summed E-state index contributed by atoms with van der Waals surface area (Å²) in [6.07, 6.45) is 7.30. The maximum atomic E-state index is 8.61. The van der Waals surface area contributed by atoms with E-state index in [0.29, 0.717) is 11.8 Å². The Balaban J connectivity index is 2.42. The van der Waals surface area contributed by atoms with Crippen LogP contribution in [0.1, 0.15) is 20.3 Å². The van der Waals surface area contributed by atoms with Crippen LogP contribution in [0.2, 0.25) is 0 Å². The molecule has 0 aromatic heterocycles. The Morgan fingerprint density at radius 1 is 1.54 bits per heavy atom. The van der Waals surface area contributed by atoms with E-state index in [1.807, 2.05) is 0 Å². The van der Waals surface area contributed by atoms with Gasteiger partial charge in [-0.2, -0.15) is 5.26 Å². The highest BCUT2D eigenvalue weighted by Gasteiger charge is 2.36. The van der Waals surface area contributed by atoms with Crippen molar-refractivity contribution in [3.8, 4) is 6.07 Å². The molecule has 0 spiro atoms. The number of fused-ring (bicyclic) bond motifs is 2. The predicted molar refractivity (Wildman–Crippen MR) is 52.8 cm³/mol. The summed E-state index contributed by atoms with van der Waals surface area (Å²) in [5, 5.41) is 8.61. The molecule has 13 heavy (non-hydrogen) atoms. The highest BCUT2D eigenvalue weighted by Crippen LogP contribution is 2.48. The number of nitriles is 1. The van der Waals surface area contributed by atoms with Crippen molar-refractivity contribution in [2.75, 3.05) is 0 Å². The Labute approximate surface area is 79.1 Å². The highest BCUT2D eigenvalue weighted by molar-refractivity contribution is 5.46. The van der Waals surface area contributed by atoms with Crippen LogP contribution >= 0.6 is 0 Å². The first-order chi connectivity index (χ1) is 6.24. The fourth-order valence-corrected chi connectivity index (χ4v) is 2.48. The van der Waals surface area contributed by atoms with Crippen molar-refractivity contribution in [3.05, 3.63) is 34.9 Å². The average Bonchev–Trinajstić information content (AvgIpc) is 2.60. The fourth-order valence-electron chi connectivity index (χ4n) is 2.48. The molecule has 2 aliphatic rings.